The molecule has 0 aromatic heterocycles. The lowest BCUT2D eigenvalue weighted by Crippen LogP contribution is -2.13. The topological polar surface area (TPSA) is 26.0 Å². The standard InChI is InChI=1S/C15H25NS/c1-4-9-17-11-15(16)14-7-5-13(6-8-14)10-12(2)3/h5-8,12,15H,4,9-11,16H2,1-3H3. The minimum Gasteiger partial charge on any atom is -0.323 e. The molecule has 2 N–H and O–H groups in total. The Morgan fingerprint density at radius 2 is 1.82 bits per heavy atom. The maximum atomic E-state index is 6.17. The zero-order valence-corrected chi connectivity index (χ0v) is 12.1. The van der Waals surface area contributed by atoms with Gasteiger partial charge < -0.3 is 5.73 Å². The van der Waals surface area contributed by atoms with Crippen LogP contribution in [0.2, 0.25) is 0 Å². The van der Waals surface area contributed by atoms with Crippen LogP contribution in [-0.4, -0.2) is 11.5 Å². The van der Waals surface area contributed by atoms with Crippen LogP contribution in [0.5, 0.6) is 0 Å². The van der Waals surface area contributed by atoms with Crippen molar-refractivity contribution < 1.29 is 0 Å². The fourth-order valence-electron chi connectivity index (χ4n) is 1.82. The second-order valence-corrected chi connectivity index (χ2v) is 6.17. The van der Waals surface area contributed by atoms with Gasteiger partial charge in [-0.3, -0.25) is 0 Å². The quantitative estimate of drug-likeness (QED) is 0.740. The van der Waals surface area contributed by atoms with Gasteiger partial charge in [-0.1, -0.05) is 45.0 Å². The van der Waals surface area contributed by atoms with Gasteiger partial charge in [-0.15, -0.1) is 0 Å². The molecule has 0 aliphatic rings. The van der Waals surface area contributed by atoms with Gasteiger partial charge in [0, 0.05) is 11.8 Å². The predicted octanol–water partition coefficient (Wildman–Crippen LogP) is 4.03. The Hall–Kier alpha value is -0.470. The molecule has 96 valence electrons. The molecular weight excluding hydrogens is 226 g/mol. The average molecular weight is 251 g/mol. The number of nitrogens with two attached hydrogens (primary N) is 1. The third kappa shape index (κ3) is 5.60. The highest BCUT2D eigenvalue weighted by Gasteiger charge is 2.06. The molecule has 0 spiro atoms. The smallest absolute Gasteiger partial charge is 0.0386 e. The first-order chi connectivity index (χ1) is 8.13. The summed E-state index contributed by atoms with van der Waals surface area (Å²) in [6, 6.07) is 9.00. The van der Waals surface area contributed by atoms with Gasteiger partial charge in [-0.05, 0) is 35.6 Å². The molecule has 1 atom stereocenters. The van der Waals surface area contributed by atoms with Crippen LogP contribution in [0.4, 0.5) is 0 Å². The van der Waals surface area contributed by atoms with Crippen LogP contribution in [0.1, 0.15) is 44.4 Å². The molecule has 0 radical (unpaired) electrons. The first-order valence-corrected chi connectivity index (χ1v) is 7.71. The zero-order valence-electron chi connectivity index (χ0n) is 11.3. The van der Waals surface area contributed by atoms with Gasteiger partial charge in [0.05, 0.1) is 0 Å². The van der Waals surface area contributed by atoms with E-state index in [1.54, 1.807) is 0 Å². The highest BCUT2D eigenvalue weighted by atomic mass is 32.2. The molecule has 1 aromatic carbocycles. The Morgan fingerprint density at radius 3 is 2.35 bits per heavy atom. The van der Waals surface area contributed by atoms with Gasteiger partial charge >= 0.3 is 0 Å². The molecule has 17 heavy (non-hydrogen) atoms. The van der Waals surface area contributed by atoms with Crippen molar-refractivity contribution in [1.82, 2.24) is 0 Å². The summed E-state index contributed by atoms with van der Waals surface area (Å²) in [5, 5.41) is 0. The summed E-state index contributed by atoms with van der Waals surface area (Å²) in [6.45, 7) is 6.71. The summed E-state index contributed by atoms with van der Waals surface area (Å²) in [4.78, 5) is 0. The SMILES string of the molecule is CCCSCC(N)c1ccc(CC(C)C)cc1. The van der Waals surface area contributed by atoms with Crippen LogP contribution in [0, 0.1) is 5.92 Å². The van der Waals surface area contributed by atoms with Gasteiger partial charge in [0.25, 0.3) is 0 Å². The number of hydrogen-bond donors (Lipinski definition) is 1. The van der Waals surface area contributed by atoms with Crippen LogP contribution < -0.4 is 5.73 Å². The van der Waals surface area contributed by atoms with Crippen molar-refractivity contribution in [1.29, 1.82) is 0 Å². The van der Waals surface area contributed by atoms with Gasteiger partial charge in [-0.25, -0.2) is 0 Å². The van der Waals surface area contributed by atoms with E-state index in [0.717, 1.165) is 18.1 Å². The van der Waals surface area contributed by atoms with Crippen molar-refractivity contribution in [3.63, 3.8) is 0 Å². The molecule has 0 amide bonds. The maximum absolute atomic E-state index is 6.17. The Bertz CT molecular complexity index is 305. The fourth-order valence-corrected chi connectivity index (χ4v) is 2.72. The van der Waals surface area contributed by atoms with E-state index in [-0.39, 0.29) is 6.04 Å². The van der Waals surface area contributed by atoms with E-state index in [1.165, 1.54) is 23.3 Å². The van der Waals surface area contributed by atoms with Crippen molar-refractivity contribution >= 4 is 11.8 Å². The van der Waals surface area contributed by atoms with Gasteiger partial charge in [-0.2, -0.15) is 11.8 Å². The Balaban J connectivity index is 2.48. The Morgan fingerprint density at radius 1 is 1.18 bits per heavy atom. The molecule has 0 saturated heterocycles. The molecular formula is C15H25NS. The molecule has 2 heteroatoms. The third-order valence-corrected chi connectivity index (χ3v) is 3.99. The molecule has 1 rings (SSSR count). The first-order valence-electron chi connectivity index (χ1n) is 6.55. The van der Waals surface area contributed by atoms with E-state index in [0.29, 0.717) is 0 Å². The molecule has 1 aromatic rings. The van der Waals surface area contributed by atoms with Crippen LogP contribution in [0.3, 0.4) is 0 Å². The Labute approximate surface area is 110 Å². The van der Waals surface area contributed by atoms with Gasteiger partial charge in [0.1, 0.15) is 0 Å². The van der Waals surface area contributed by atoms with Crippen LogP contribution in [-0.2, 0) is 6.42 Å². The van der Waals surface area contributed by atoms with Crippen molar-refractivity contribution in [3.8, 4) is 0 Å². The first kappa shape index (κ1) is 14.6. The van der Waals surface area contributed by atoms with Crippen molar-refractivity contribution in [3.05, 3.63) is 35.4 Å². The zero-order chi connectivity index (χ0) is 12.7. The monoisotopic (exact) mass is 251 g/mol. The third-order valence-electron chi connectivity index (χ3n) is 2.70. The summed E-state index contributed by atoms with van der Waals surface area (Å²) < 4.78 is 0. The minimum atomic E-state index is 0.180. The second kappa shape index (κ2) is 7.78. The van der Waals surface area contributed by atoms with Crippen molar-refractivity contribution in [2.75, 3.05) is 11.5 Å². The Kier molecular flexibility index (Phi) is 6.68. The van der Waals surface area contributed by atoms with Gasteiger partial charge in [0.15, 0.2) is 0 Å². The number of rotatable bonds is 7. The summed E-state index contributed by atoms with van der Waals surface area (Å²) >= 11 is 1.95. The van der Waals surface area contributed by atoms with E-state index in [9.17, 15) is 0 Å². The molecule has 1 unspecified atom stereocenters. The lowest BCUT2D eigenvalue weighted by atomic mass is 10.0. The lowest BCUT2D eigenvalue weighted by molar-refractivity contribution is 0.647. The molecule has 0 bridgehead atoms. The van der Waals surface area contributed by atoms with Crippen molar-refractivity contribution in [2.45, 2.75) is 39.7 Å². The van der Waals surface area contributed by atoms with E-state index < -0.39 is 0 Å². The summed E-state index contributed by atoms with van der Waals surface area (Å²) in [5.74, 6) is 2.95. The largest absolute Gasteiger partial charge is 0.323 e. The average Bonchev–Trinajstić information content (AvgIpc) is 2.29. The minimum absolute atomic E-state index is 0.180. The molecule has 0 fully saturated rings. The molecule has 1 nitrogen and oxygen atoms in total. The highest BCUT2D eigenvalue weighted by molar-refractivity contribution is 7.99. The van der Waals surface area contributed by atoms with E-state index in [1.807, 2.05) is 11.8 Å². The van der Waals surface area contributed by atoms with Gasteiger partial charge in [0.2, 0.25) is 0 Å². The number of hydrogen-bond acceptors (Lipinski definition) is 2. The summed E-state index contributed by atoms with van der Waals surface area (Å²) in [7, 11) is 0. The van der Waals surface area contributed by atoms with E-state index in [4.69, 9.17) is 5.73 Å². The van der Waals surface area contributed by atoms with E-state index in [2.05, 4.69) is 45.0 Å². The summed E-state index contributed by atoms with van der Waals surface area (Å²) in [5.41, 5.74) is 8.85. The number of thioether (sulfide) groups is 1. The van der Waals surface area contributed by atoms with Crippen LogP contribution >= 0.6 is 11.8 Å². The maximum Gasteiger partial charge on any atom is 0.0386 e. The van der Waals surface area contributed by atoms with Crippen LogP contribution in [0.15, 0.2) is 24.3 Å². The highest BCUT2D eigenvalue weighted by Crippen LogP contribution is 2.18. The fraction of sp³-hybridized carbons (Fsp3) is 0.600. The van der Waals surface area contributed by atoms with E-state index >= 15 is 0 Å². The molecule has 0 heterocycles. The number of benzene rings is 1. The van der Waals surface area contributed by atoms with Crippen LogP contribution in [0.25, 0.3) is 0 Å². The van der Waals surface area contributed by atoms with Crippen molar-refractivity contribution in [2.24, 2.45) is 11.7 Å². The molecule has 0 saturated carbocycles. The molecule has 0 aliphatic heterocycles. The normalized spacial score (nSPS) is 13.0. The predicted molar refractivity (Wildman–Crippen MR) is 79.5 cm³/mol. The second-order valence-electron chi connectivity index (χ2n) is 5.02. The lowest BCUT2D eigenvalue weighted by Gasteiger charge is -2.12. The molecule has 0 aliphatic carbocycles. The summed E-state index contributed by atoms with van der Waals surface area (Å²) in [6.07, 6.45) is 2.38.